The van der Waals surface area contributed by atoms with E-state index >= 15 is 0 Å². The number of hydrogen-bond acceptors (Lipinski definition) is 8. The van der Waals surface area contributed by atoms with Gasteiger partial charge in [-0.3, -0.25) is 0 Å². The second-order valence-electron chi connectivity index (χ2n) is 7.43. The van der Waals surface area contributed by atoms with Crippen molar-refractivity contribution in [3.8, 4) is 17.6 Å². The lowest BCUT2D eigenvalue weighted by Gasteiger charge is -2.40. The van der Waals surface area contributed by atoms with Crippen LogP contribution in [-0.2, 0) is 11.2 Å². The highest BCUT2D eigenvalue weighted by molar-refractivity contribution is 5.48. The number of aliphatic hydroxyl groups is 4. The average Bonchev–Trinajstić information content (AvgIpc) is 2.77. The van der Waals surface area contributed by atoms with E-state index in [9.17, 15) is 25.7 Å². The van der Waals surface area contributed by atoms with E-state index in [2.05, 4.69) is 6.07 Å². The minimum atomic E-state index is -1.46. The topological polar surface area (TPSA) is 132 Å². The summed E-state index contributed by atoms with van der Waals surface area (Å²) < 4.78 is 16.8. The lowest BCUT2D eigenvalue weighted by Crippen LogP contribution is -2.55. The first-order valence-corrected chi connectivity index (χ1v) is 9.73. The van der Waals surface area contributed by atoms with Crippen molar-refractivity contribution in [2.24, 2.45) is 0 Å². The van der Waals surface area contributed by atoms with E-state index in [1.807, 2.05) is 18.2 Å². The third-order valence-electron chi connectivity index (χ3n) is 5.47. The van der Waals surface area contributed by atoms with Gasteiger partial charge >= 0.3 is 0 Å². The molecule has 1 saturated heterocycles. The van der Waals surface area contributed by atoms with Crippen molar-refractivity contribution >= 4 is 0 Å². The second kappa shape index (κ2) is 8.60. The van der Waals surface area contributed by atoms with Crippen molar-refractivity contribution in [2.45, 2.75) is 36.9 Å². The first kappa shape index (κ1) is 20.6. The quantitative estimate of drug-likeness (QED) is 0.568. The fourth-order valence-corrected chi connectivity index (χ4v) is 3.84. The molecular formula is C22H23NO7. The zero-order valence-corrected chi connectivity index (χ0v) is 16.1. The van der Waals surface area contributed by atoms with E-state index in [0.717, 1.165) is 5.56 Å². The summed E-state index contributed by atoms with van der Waals surface area (Å²) in [5.41, 5.74) is 2.64. The van der Waals surface area contributed by atoms with Crippen molar-refractivity contribution < 1.29 is 34.6 Å². The minimum absolute atomic E-state index is 0.435. The van der Waals surface area contributed by atoms with Gasteiger partial charge in [0.2, 0.25) is 0 Å². The molecule has 0 aliphatic carbocycles. The van der Waals surface area contributed by atoms with Gasteiger partial charge in [0.15, 0.2) is 11.5 Å². The summed E-state index contributed by atoms with van der Waals surface area (Å²) in [6.45, 7) is 0.486. The third kappa shape index (κ3) is 3.86. The molecule has 2 aromatic rings. The highest BCUT2D eigenvalue weighted by Gasteiger charge is 2.44. The van der Waals surface area contributed by atoms with Gasteiger partial charge in [-0.1, -0.05) is 18.2 Å². The number of fused-ring (bicyclic) bond motifs is 1. The number of hydrogen-bond donors (Lipinski definition) is 4. The van der Waals surface area contributed by atoms with Gasteiger partial charge in [-0.05, 0) is 41.3 Å². The zero-order valence-electron chi connectivity index (χ0n) is 16.1. The first-order valence-electron chi connectivity index (χ1n) is 9.73. The van der Waals surface area contributed by atoms with E-state index in [1.165, 1.54) is 0 Å². The van der Waals surface area contributed by atoms with Gasteiger partial charge in [0.25, 0.3) is 0 Å². The van der Waals surface area contributed by atoms with Crippen LogP contribution in [-0.4, -0.2) is 64.7 Å². The molecule has 2 aliphatic heterocycles. The van der Waals surface area contributed by atoms with Gasteiger partial charge in [0.1, 0.15) is 43.7 Å². The van der Waals surface area contributed by atoms with Crippen LogP contribution in [0.25, 0.3) is 0 Å². The maximum Gasteiger partial charge on any atom is 0.161 e. The number of rotatable bonds is 4. The van der Waals surface area contributed by atoms with Crippen LogP contribution in [0.1, 0.15) is 28.4 Å². The maximum atomic E-state index is 10.4. The lowest BCUT2D eigenvalue weighted by molar-refractivity contribution is -0.231. The van der Waals surface area contributed by atoms with Crippen molar-refractivity contribution in [3.05, 3.63) is 58.7 Å². The Morgan fingerprint density at radius 3 is 2.43 bits per heavy atom. The number of aliphatic hydroxyl groups excluding tert-OH is 4. The van der Waals surface area contributed by atoms with Crippen molar-refractivity contribution in [1.29, 1.82) is 5.26 Å². The van der Waals surface area contributed by atoms with Crippen LogP contribution >= 0.6 is 0 Å². The zero-order chi connectivity index (χ0) is 21.3. The molecule has 1 fully saturated rings. The maximum absolute atomic E-state index is 10.4. The van der Waals surface area contributed by atoms with Crippen LogP contribution in [0.4, 0.5) is 0 Å². The van der Waals surface area contributed by atoms with Crippen molar-refractivity contribution in [3.63, 3.8) is 0 Å². The highest BCUT2D eigenvalue weighted by Crippen LogP contribution is 2.35. The molecular weight excluding hydrogens is 390 g/mol. The molecule has 0 spiro atoms. The van der Waals surface area contributed by atoms with Crippen LogP contribution in [0, 0.1) is 11.3 Å². The molecule has 2 aliphatic rings. The third-order valence-corrected chi connectivity index (χ3v) is 5.47. The Kier molecular flexibility index (Phi) is 5.90. The molecule has 0 radical (unpaired) electrons. The fourth-order valence-electron chi connectivity index (χ4n) is 3.84. The Balaban J connectivity index is 1.63. The van der Waals surface area contributed by atoms with E-state index < -0.39 is 37.1 Å². The fraction of sp³-hybridized carbons (Fsp3) is 0.409. The standard InChI is InChI=1S/C22H23NO7/c23-10-14-3-2-13(22-21(27)20(26)19(25)18(11-24)30-22)9-15(14)7-12-1-4-16-17(8-12)29-6-5-28-16/h1-4,8-9,18-22,24-27H,5-7,11H2/t18-,19-,20+,21-,22+/m1/s1. The van der Waals surface area contributed by atoms with E-state index in [0.29, 0.717) is 47.8 Å². The second-order valence-corrected chi connectivity index (χ2v) is 7.43. The molecule has 5 atom stereocenters. The first-order chi connectivity index (χ1) is 14.5. The Labute approximate surface area is 173 Å². The molecule has 30 heavy (non-hydrogen) atoms. The van der Waals surface area contributed by atoms with Gasteiger partial charge in [-0.15, -0.1) is 0 Å². The lowest BCUT2D eigenvalue weighted by atomic mass is 9.89. The Morgan fingerprint density at radius 1 is 0.933 bits per heavy atom. The molecule has 2 heterocycles. The Morgan fingerprint density at radius 2 is 1.70 bits per heavy atom. The minimum Gasteiger partial charge on any atom is -0.486 e. The van der Waals surface area contributed by atoms with Crippen LogP contribution in [0.5, 0.6) is 11.5 Å². The normalized spacial score (nSPS) is 28.0. The van der Waals surface area contributed by atoms with Crippen LogP contribution in [0.3, 0.4) is 0 Å². The predicted octanol–water partition coefficient (Wildman–Crippen LogP) is 0.435. The average molecular weight is 413 g/mol. The van der Waals surface area contributed by atoms with Gasteiger partial charge in [-0.25, -0.2) is 0 Å². The molecule has 0 bridgehead atoms. The monoisotopic (exact) mass is 413 g/mol. The molecule has 8 nitrogen and oxygen atoms in total. The predicted molar refractivity (Wildman–Crippen MR) is 104 cm³/mol. The van der Waals surface area contributed by atoms with Gasteiger partial charge in [-0.2, -0.15) is 5.26 Å². The summed E-state index contributed by atoms with van der Waals surface area (Å²) in [7, 11) is 0. The molecule has 0 unspecified atom stereocenters. The Bertz CT molecular complexity index is 955. The van der Waals surface area contributed by atoms with E-state index in [4.69, 9.17) is 14.2 Å². The molecule has 0 aromatic heterocycles. The van der Waals surface area contributed by atoms with Crippen LogP contribution < -0.4 is 9.47 Å². The van der Waals surface area contributed by atoms with Crippen molar-refractivity contribution in [2.75, 3.05) is 19.8 Å². The van der Waals surface area contributed by atoms with Gasteiger partial charge in [0.05, 0.1) is 18.2 Å². The van der Waals surface area contributed by atoms with Crippen LogP contribution in [0.15, 0.2) is 36.4 Å². The summed E-state index contributed by atoms with van der Waals surface area (Å²) in [5, 5.41) is 49.4. The van der Waals surface area contributed by atoms with E-state index in [1.54, 1.807) is 18.2 Å². The Hall–Kier alpha value is -2.67. The molecule has 8 heteroatoms. The molecule has 0 saturated carbocycles. The number of nitrogens with zero attached hydrogens (tertiary/aromatic N) is 1. The van der Waals surface area contributed by atoms with Crippen molar-refractivity contribution in [1.82, 2.24) is 0 Å². The van der Waals surface area contributed by atoms with Crippen LogP contribution in [0.2, 0.25) is 0 Å². The van der Waals surface area contributed by atoms with E-state index in [-0.39, 0.29) is 0 Å². The molecule has 2 aromatic carbocycles. The summed E-state index contributed by atoms with van der Waals surface area (Å²) in [5.74, 6) is 1.34. The number of benzene rings is 2. The summed E-state index contributed by atoms with van der Waals surface area (Å²) in [6.07, 6.45) is -5.77. The summed E-state index contributed by atoms with van der Waals surface area (Å²) >= 11 is 0. The number of nitriles is 1. The SMILES string of the molecule is N#Cc1ccc([C@@H]2O[C@H](CO)[C@@H](O)[C@H](O)[C@H]2O)cc1Cc1ccc2c(c1)OCCO2. The van der Waals surface area contributed by atoms with Gasteiger partial charge in [0, 0.05) is 0 Å². The van der Waals surface area contributed by atoms with Gasteiger partial charge < -0.3 is 34.6 Å². The smallest absolute Gasteiger partial charge is 0.161 e. The molecule has 4 N–H and O–H groups in total. The largest absolute Gasteiger partial charge is 0.486 e. The number of ether oxygens (including phenoxy) is 3. The molecule has 4 rings (SSSR count). The summed E-state index contributed by atoms with van der Waals surface area (Å²) in [6, 6.07) is 12.8. The highest BCUT2D eigenvalue weighted by atomic mass is 16.6. The molecule has 158 valence electrons. The molecule has 0 amide bonds. The summed E-state index contributed by atoms with van der Waals surface area (Å²) in [4.78, 5) is 0.